The highest BCUT2D eigenvalue weighted by atomic mass is 79.9. The van der Waals surface area contributed by atoms with Crippen LogP contribution in [0.4, 0.5) is 10.5 Å². The summed E-state index contributed by atoms with van der Waals surface area (Å²) >= 11 is 3.40. The van der Waals surface area contributed by atoms with Crippen molar-refractivity contribution in [1.29, 1.82) is 0 Å². The van der Waals surface area contributed by atoms with Gasteiger partial charge in [-0.05, 0) is 40.5 Å². The molecule has 3 rings (SSSR count). The Morgan fingerprint density at radius 2 is 2.23 bits per heavy atom. The Bertz CT molecular complexity index is 608. The molecule has 7 heteroatoms. The summed E-state index contributed by atoms with van der Waals surface area (Å²) in [6, 6.07) is 5.46. The molecule has 2 heterocycles. The Hall–Kier alpha value is -1.76. The van der Waals surface area contributed by atoms with Crippen molar-refractivity contribution in [2.24, 2.45) is 0 Å². The van der Waals surface area contributed by atoms with Crippen LogP contribution in [0.2, 0.25) is 0 Å². The van der Waals surface area contributed by atoms with E-state index in [1.165, 1.54) is 0 Å². The van der Waals surface area contributed by atoms with E-state index >= 15 is 0 Å². The average Bonchev–Trinajstić information content (AvgIpc) is 2.88. The SMILES string of the molecule is COc1ccc(NC(=O)N2CCN3C(=O)CCC3C2)cc1Br. The smallest absolute Gasteiger partial charge is 0.321 e. The summed E-state index contributed by atoms with van der Waals surface area (Å²) < 4.78 is 5.96. The summed E-state index contributed by atoms with van der Waals surface area (Å²) in [6.07, 6.45) is 1.45. The van der Waals surface area contributed by atoms with Crippen LogP contribution in [0.5, 0.6) is 5.75 Å². The van der Waals surface area contributed by atoms with Crippen molar-refractivity contribution in [3.63, 3.8) is 0 Å². The van der Waals surface area contributed by atoms with E-state index in [4.69, 9.17) is 4.74 Å². The van der Waals surface area contributed by atoms with Gasteiger partial charge in [0, 0.05) is 37.8 Å². The number of hydrogen-bond acceptors (Lipinski definition) is 3. The van der Waals surface area contributed by atoms with E-state index < -0.39 is 0 Å². The van der Waals surface area contributed by atoms with Crippen LogP contribution in [0.1, 0.15) is 12.8 Å². The van der Waals surface area contributed by atoms with Gasteiger partial charge >= 0.3 is 6.03 Å². The molecular formula is C15H18BrN3O3. The van der Waals surface area contributed by atoms with Crippen molar-refractivity contribution >= 4 is 33.6 Å². The van der Waals surface area contributed by atoms with Gasteiger partial charge in [0.05, 0.1) is 11.6 Å². The molecule has 0 radical (unpaired) electrons. The zero-order chi connectivity index (χ0) is 15.7. The van der Waals surface area contributed by atoms with Gasteiger partial charge in [0.2, 0.25) is 5.91 Å². The number of benzene rings is 1. The second kappa shape index (κ2) is 6.16. The monoisotopic (exact) mass is 367 g/mol. The van der Waals surface area contributed by atoms with Gasteiger partial charge in [-0.2, -0.15) is 0 Å². The van der Waals surface area contributed by atoms with Gasteiger partial charge in [0.1, 0.15) is 5.75 Å². The van der Waals surface area contributed by atoms with E-state index in [1.54, 1.807) is 24.1 Å². The lowest BCUT2D eigenvalue weighted by atomic mass is 10.1. The minimum atomic E-state index is -0.129. The zero-order valence-electron chi connectivity index (χ0n) is 12.3. The maximum absolute atomic E-state index is 12.4. The number of hydrogen-bond donors (Lipinski definition) is 1. The van der Waals surface area contributed by atoms with Gasteiger partial charge in [-0.25, -0.2) is 4.79 Å². The minimum Gasteiger partial charge on any atom is -0.496 e. The van der Waals surface area contributed by atoms with Crippen LogP contribution in [0.3, 0.4) is 0 Å². The van der Waals surface area contributed by atoms with Gasteiger partial charge in [-0.1, -0.05) is 0 Å². The predicted octanol–water partition coefficient (Wildman–Crippen LogP) is 2.30. The fraction of sp³-hybridized carbons (Fsp3) is 0.467. The molecule has 0 saturated carbocycles. The molecule has 1 N–H and O–H groups in total. The Morgan fingerprint density at radius 1 is 1.41 bits per heavy atom. The van der Waals surface area contributed by atoms with E-state index in [1.807, 2.05) is 11.0 Å². The number of methoxy groups -OCH3 is 1. The van der Waals surface area contributed by atoms with Crippen molar-refractivity contribution in [2.75, 3.05) is 32.1 Å². The predicted molar refractivity (Wildman–Crippen MR) is 86.0 cm³/mol. The van der Waals surface area contributed by atoms with Crippen molar-refractivity contribution in [2.45, 2.75) is 18.9 Å². The minimum absolute atomic E-state index is 0.129. The summed E-state index contributed by atoms with van der Waals surface area (Å²) in [5.41, 5.74) is 0.711. The number of nitrogens with one attached hydrogen (secondary N) is 1. The first-order valence-electron chi connectivity index (χ1n) is 7.27. The number of carbonyl (C=O) groups excluding carboxylic acids is 2. The summed E-state index contributed by atoms with van der Waals surface area (Å²) in [7, 11) is 1.60. The molecule has 0 aromatic heterocycles. The number of anilines is 1. The molecule has 2 saturated heterocycles. The molecule has 1 aromatic carbocycles. The molecule has 2 aliphatic heterocycles. The fourth-order valence-electron chi connectivity index (χ4n) is 3.00. The quantitative estimate of drug-likeness (QED) is 0.872. The molecule has 0 bridgehead atoms. The molecule has 0 aliphatic carbocycles. The molecule has 3 amide bonds. The van der Waals surface area contributed by atoms with Crippen molar-refractivity contribution in [1.82, 2.24) is 9.80 Å². The maximum Gasteiger partial charge on any atom is 0.321 e. The molecule has 6 nitrogen and oxygen atoms in total. The lowest BCUT2D eigenvalue weighted by Gasteiger charge is -2.37. The number of rotatable bonds is 2. The first-order valence-corrected chi connectivity index (χ1v) is 8.06. The highest BCUT2D eigenvalue weighted by molar-refractivity contribution is 9.10. The topological polar surface area (TPSA) is 61.9 Å². The largest absolute Gasteiger partial charge is 0.496 e. The van der Waals surface area contributed by atoms with Crippen LogP contribution in [0.15, 0.2) is 22.7 Å². The van der Waals surface area contributed by atoms with Gasteiger partial charge in [-0.3, -0.25) is 4.79 Å². The molecule has 22 heavy (non-hydrogen) atoms. The van der Waals surface area contributed by atoms with Gasteiger partial charge in [0.15, 0.2) is 0 Å². The zero-order valence-corrected chi connectivity index (χ0v) is 13.9. The number of halogens is 1. The van der Waals surface area contributed by atoms with Crippen molar-refractivity contribution in [3.8, 4) is 5.75 Å². The summed E-state index contributed by atoms with van der Waals surface area (Å²) in [5.74, 6) is 0.931. The Labute approximate surface area is 137 Å². The Morgan fingerprint density at radius 3 is 2.95 bits per heavy atom. The number of piperazine rings is 1. The first kappa shape index (κ1) is 15.1. The molecule has 1 aromatic rings. The highest BCUT2D eigenvalue weighted by Gasteiger charge is 2.36. The van der Waals surface area contributed by atoms with Crippen LogP contribution < -0.4 is 10.1 Å². The maximum atomic E-state index is 12.4. The van der Waals surface area contributed by atoms with Crippen LogP contribution in [0.25, 0.3) is 0 Å². The van der Waals surface area contributed by atoms with E-state index in [-0.39, 0.29) is 18.0 Å². The van der Waals surface area contributed by atoms with Crippen LogP contribution >= 0.6 is 15.9 Å². The highest BCUT2D eigenvalue weighted by Crippen LogP contribution is 2.28. The van der Waals surface area contributed by atoms with E-state index in [0.29, 0.717) is 31.7 Å². The van der Waals surface area contributed by atoms with Crippen LogP contribution in [-0.4, -0.2) is 54.5 Å². The molecule has 0 spiro atoms. The normalized spacial score (nSPS) is 20.8. The Kier molecular flexibility index (Phi) is 4.24. The third kappa shape index (κ3) is 2.90. The van der Waals surface area contributed by atoms with Gasteiger partial charge in [0.25, 0.3) is 0 Å². The summed E-state index contributed by atoms with van der Waals surface area (Å²) in [6.45, 7) is 1.81. The Balaban J connectivity index is 1.63. The number of amides is 3. The molecule has 2 fully saturated rings. The second-order valence-electron chi connectivity index (χ2n) is 5.51. The van der Waals surface area contributed by atoms with E-state index in [2.05, 4.69) is 21.2 Å². The number of nitrogens with zero attached hydrogens (tertiary/aromatic N) is 2. The van der Waals surface area contributed by atoms with Crippen LogP contribution in [0, 0.1) is 0 Å². The van der Waals surface area contributed by atoms with Crippen LogP contribution in [-0.2, 0) is 4.79 Å². The second-order valence-corrected chi connectivity index (χ2v) is 6.36. The lowest BCUT2D eigenvalue weighted by molar-refractivity contribution is -0.130. The van der Waals surface area contributed by atoms with Gasteiger partial charge in [-0.15, -0.1) is 0 Å². The first-order chi connectivity index (χ1) is 10.6. The van der Waals surface area contributed by atoms with Crippen molar-refractivity contribution < 1.29 is 14.3 Å². The summed E-state index contributed by atoms with van der Waals surface area (Å²) in [4.78, 5) is 27.7. The van der Waals surface area contributed by atoms with E-state index in [0.717, 1.165) is 16.6 Å². The fourth-order valence-corrected chi connectivity index (χ4v) is 3.54. The molecular weight excluding hydrogens is 350 g/mol. The third-order valence-corrected chi connectivity index (χ3v) is 4.80. The van der Waals surface area contributed by atoms with Crippen molar-refractivity contribution in [3.05, 3.63) is 22.7 Å². The third-order valence-electron chi connectivity index (χ3n) is 4.18. The average molecular weight is 368 g/mol. The van der Waals surface area contributed by atoms with Gasteiger partial charge < -0.3 is 19.9 Å². The molecule has 118 valence electrons. The number of ether oxygens (including phenoxy) is 1. The lowest BCUT2D eigenvalue weighted by Crippen LogP contribution is -2.54. The molecule has 1 atom stereocenters. The number of urea groups is 1. The molecule has 2 aliphatic rings. The number of fused-ring (bicyclic) bond motifs is 1. The van der Waals surface area contributed by atoms with E-state index in [9.17, 15) is 9.59 Å². The standard InChI is InChI=1S/C15H18BrN3O3/c1-22-13-4-2-10(8-12(13)16)17-15(21)18-6-7-19-11(9-18)3-5-14(19)20/h2,4,8,11H,3,5-7,9H2,1H3,(H,17,21). The summed E-state index contributed by atoms with van der Waals surface area (Å²) in [5, 5.41) is 2.89. The molecule has 1 unspecified atom stereocenters. The number of carbonyl (C=O) groups is 2.